The zero-order valence-electron chi connectivity index (χ0n) is 12.2. The minimum atomic E-state index is -3.65. The van der Waals surface area contributed by atoms with E-state index in [0.29, 0.717) is 32.6 Å². The lowest BCUT2D eigenvalue weighted by Gasteiger charge is -2.25. The van der Waals surface area contributed by atoms with Gasteiger partial charge in [-0.15, -0.1) is 0 Å². The Bertz CT molecular complexity index is 368. The fourth-order valence-corrected chi connectivity index (χ4v) is 2.70. The quantitative estimate of drug-likeness (QED) is 0.591. The molecule has 0 saturated heterocycles. The molecule has 19 heavy (non-hydrogen) atoms. The van der Waals surface area contributed by atoms with Gasteiger partial charge in [0.2, 0.25) is 5.91 Å². The minimum absolute atomic E-state index is 0.221. The summed E-state index contributed by atoms with van der Waals surface area (Å²) in [6.45, 7) is 7.14. The van der Waals surface area contributed by atoms with Gasteiger partial charge < -0.3 is 10.6 Å². The van der Waals surface area contributed by atoms with E-state index in [9.17, 15) is 13.2 Å². The van der Waals surface area contributed by atoms with E-state index in [0.717, 1.165) is 0 Å². The lowest BCUT2D eigenvalue weighted by atomic mass is 10.3. The molecule has 0 radical (unpaired) electrons. The maximum absolute atomic E-state index is 12.0. The van der Waals surface area contributed by atoms with Gasteiger partial charge >= 0.3 is 0 Å². The molecule has 0 spiro atoms. The first kappa shape index (κ1) is 18.3. The van der Waals surface area contributed by atoms with E-state index in [2.05, 4.69) is 4.72 Å². The van der Waals surface area contributed by atoms with E-state index >= 15 is 0 Å². The number of rotatable bonds is 9. The number of likely N-dealkylation sites (N-methyl/N-ethyl adjacent to an activating group) is 1. The second-order valence-corrected chi connectivity index (χ2v) is 6.13. The molecule has 0 aromatic heterocycles. The lowest BCUT2D eigenvalue weighted by molar-refractivity contribution is -0.132. The highest BCUT2D eigenvalue weighted by Crippen LogP contribution is 2.01. The van der Waals surface area contributed by atoms with Gasteiger partial charge in [-0.1, -0.05) is 0 Å². The Labute approximate surface area is 116 Å². The first-order valence-electron chi connectivity index (χ1n) is 6.52. The maximum Gasteiger partial charge on any atom is 0.279 e. The molecule has 114 valence electrons. The highest BCUT2D eigenvalue weighted by atomic mass is 32.2. The van der Waals surface area contributed by atoms with Gasteiger partial charge in [-0.3, -0.25) is 4.79 Å². The van der Waals surface area contributed by atoms with E-state index in [-0.39, 0.29) is 5.91 Å². The van der Waals surface area contributed by atoms with Crippen LogP contribution in [0.5, 0.6) is 0 Å². The van der Waals surface area contributed by atoms with Gasteiger partial charge in [-0.2, -0.15) is 17.4 Å². The van der Waals surface area contributed by atoms with Crippen molar-refractivity contribution in [2.45, 2.75) is 33.2 Å². The number of nitrogens with zero attached hydrogens (tertiary/aromatic N) is 2. The fraction of sp³-hybridized carbons (Fsp3) is 0.909. The van der Waals surface area contributed by atoms with E-state index in [4.69, 9.17) is 5.73 Å². The van der Waals surface area contributed by atoms with Gasteiger partial charge in [0.1, 0.15) is 0 Å². The number of hydrogen-bond acceptors (Lipinski definition) is 4. The molecule has 0 fully saturated rings. The molecule has 0 aromatic rings. The second-order valence-electron chi connectivity index (χ2n) is 4.32. The highest BCUT2D eigenvalue weighted by Gasteiger charge is 2.25. The number of amides is 1. The topological polar surface area (TPSA) is 95.7 Å². The van der Waals surface area contributed by atoms with E-state index in [1.165, 1.54) is 11.4 Å². The molecule has 0 aliphatic rings. The Morgan fingerprint density at radius 1 is 1.32 bits per heavy atom. The molecule has 0 aliphatic heterocycles. The predicted octanol–water partition coefficient (Wildman–Crippen LogP) is -0.642. The molecular formula is C11H26N4O3S. The number of nitrogens with one attached hydrogen (secondary N) is 1. The molecule has 0 aromatic carbocycles. The van der Waals surface area contributed by atoms with Crippen molar-refractivity contribution in [3.05, 3.63) is 0 Å². The Morgan fingerprint density at radius 2 is 1.84 bits per heavy atom. The van der Waals surface area contributed by atoms with Crippen molar-refractivity contribution in [2.24, 2.45) is 5.73 Å². The summed E-state index contributed by atoms with van der Waals surface area (Å²) in [7, 11) is -2.18. The van der Waals surface area contributed by atoms with Crippen LogP contribution in [0.2, 0.25) is 0 Å². The molecule has 0 heterocycles. The van der Waals surface area contributed by atoms with Crippen LogP contribution in [0.4, 0.5) is 0 Å². The normalized spacial score (nSPS) is 13.6. The molecule has 3 N–H and O–H groups in total. The Balaban J connectivity index is 4.61. The molecule has 1 amide bonds. The van der Waals surface area contributed by atoms with Crippen LogP contribution in [-0.4, -0.2) is 62.8 Å². The van der Waals surface area contributed by atoms with Gasteiger partial charge in [0.25, 0.3) is 10.2 Å². The van der Waals surface area contributed by atoms with Crippen molar-refractivity contribution in [2.75, 3.05) is 33.2 Å². The summed E-state index contributed by atoms with van der Waals surface area (Å²) in [4.78, 5) is 13.6. The van der Waals surface area contributed by atoms with E-state index in [1.54, 1.807) is 11.8 Å². The van der Waals surface area contributed by atoms with Crippen LogP contribution in [0.15, 0.2) is 0 Å². The summed E-state index contributed by atoms with van der Waals surface area (Å²) >= 11 is 0. The van der Waals surface area contributed by atoms with Crippen LogP contribution in [0.1, 0.15) is 27.2 Å². The van der Waals surface area contributed by atoms with Gasteiger partial charge in [0.05, 0.1) is 6.04 Å². The third kappa shape index (κ3) is 5.85. The highest BCUT2D eigenvalue weighted by molar-refractivity contribution is 7.87. The van der Waals surface area contributed by atoms with Gasteiger partial charge in [0.15, 0.2) is 0 Å². The van der Waals surface area contributed by atoms with Crippen molar-refractivity contribution in [1.29, 1.82) is 0 Å². The minimum Gasteiger partial charge on any atom is -0.342 e. The van der Waals surface area contributed by atoms with Crippen LogP contribution in [0.3, 0.4) is 0 Å². The Morgan fingerprint density at radius 3 is 2.26 bits per heavy atom. The largest absolute Gasteiger partial charge is 0.342 e. The van der Waals surface area contributed by atoms with Crippen LogP contribution in [-0.2, 0) is 15.0 Å². The van der Waals surface area contributed by atoms with Crippen molar-refractivity contribution in [3.8, 4) is 0 Å². The molecule has 0 rings (SSSR count). The summed E-state index contributed by atoms with van der Waals surface area (Å²) in [5.41, 5.74) is 5.34. The van der Waals surface area contributed by atoms with Crippen LogP contribution in [0, 0.1) is 0 Å². The number of hydrogen-bond donors (Lipinski definition) is 2. The number of carbonyl (C=O) groups excluding carboxylic acids is 1. The lowest BCUT2D eigenvalue weighted by Crippen LogP contribution is -2.50. The van der Waals surface area contributed by atoms with Crippen LogP contribution >= 0.6 is 0 Å². The molecule has 0 bridgehead atoms. The second kappa shape index (κ2) is 8.47. The average molecular weight is 294 g/mol. The van der Waals surface area contributed by atoms with Gasteiger partial charge in [-0.05, 0) is 33.7 Å². The summed E-state index contributed by atoms with van der Waals surface area (Å²) in [5.74, 6) is -0.221. The third-order valence-electron chi connectivity index (χ3n) is 2.86. The van der Waals surface area contributed by atoms with E-state index < -0.39 is 16.3 Å². The molecule has 1 unspecified atom stereocenters. The maximum atomic E-state index is 12.0. The standard InChI is InChI=1S/C11H26N4O3S/c1-5-15(6-2)11(16)10(3)13-19(17,18)14(4)9-7-8-12/h10,13H,5-9,12H2,1-4H3. The van der Waals surface area contributed by atoms with Crippen molar-refractivity contribution in [1.82, 2.24) is 13.9 Å². The number of carbonyl (C=O) groups is 1. The first-order chi connectivity index (χ1) is 8.80. The summed E-state index contributed by atoms with van der Waals surface area (Å²) < 4.78 is 27.5. The molecule has 8 heteroatoms. The smallest absolute Gasteiger partial charge is 0.279 e. The summed E-state index contributed by atoms with van der Waals surface area (Å²) in [6.07, 6.45) is 0.579. The Kier molecular flexibility index (Phi) is 8.15. The Hall–Kier alpha value is -0.700. The van der Waals surface area contributed by atoms with Crippen molar-refractivity contribution < 1.29 is 13.2 Å². The molecule has 7 nitrogen and oxygen atoms in total. The summed E-state index contributed by atoms with van der Waals surface area (Å²) in [6, 6.07) is -0.773. The molecular weight excluding hydrogens is 268 g/mol. The van der Waals surface area contributed by atoms with Crippen LogP contribution in [0.25, 0.3) is 0 Å². The fourth-order valence-electron chi connectivity index (χ4n) is 1.61. The zero-order valence-corrected chi connectivity index (χ0v) is 13.0. The van der Waals surface area contributed by atoms with E-state index in [1.807, 2.05) is 13.8 Å². The van der Waals surface area contributed by atoms with Crippen LogP contribution < -0.4 is 10.5 Å². The third-order valence-corrected chi connectivity index (χ3v) is 4.51. The molecule has 0 saturated carbocycles. The van der Waals surface area contributed by atoms with Gasteiger partial charge in [0, 0.05) is 26.7 Å². The average Bonchev–Trinajstić information content (AvgIpc) is 2.36. The zero-order chi connectivity index (χ0) is 15.1. The molecule has 0 aliphatic carbocycles. The first-order valence-corrected chi connectivity index (χ1v) is 7.96. The van der Waals surface area contributed by atoms with Crippen molar-refractivity contribution in [3.63, 3.8) is 0 Å². The molecule has 1 atom stereocenters. The predicted molar refractivity (Wildman–Crippen MR) is 75.7 cm³/mol. The summed E-state index contributed by atoms with van der Waals surface area (Å²) in [5, 5.41) is 0. The van der Waals surface area contributed by atoms with Crippen molar-refractivity contribution >= 4 is 16.1 Å². The number of nitrogens with two attached hydrogens (primary N) is 1. The SMILES string of the molecule is CCN(CC)C(=O)C(C)NS(=O)(=O)N(C)CCCN. The van der Waals surface area contributed by atoms with Gasteiger partial charge in [-0.25, -0.2) is 0 Å². The monoisotopic (exact) mass is 294 g/mol.